The second-order valence-corrected chi connectivity index (χ2v) is 6.58. The van der Waals surface area contributed by atoms with Crippen LogP contribution in [-0.4, -0.2) is 28.6 Å². The normalized spacial score (nSPS) is 22.4. The molecule has 2 atom stereocenters. The van der Waals surface area contributed by atoms with Crippen LogP contribution in [0.4, 0.5) is 4.39 Å². The average molecular weight is 272 g/mol. The first-order valence-electron chi connectivity index (χ1n) is 5.69. The fourth-order valence-corrected chi connectivity index (χ4v) is 4.78. The Hall–Kier alpha value is -0.230. The number of nitrogens with one attached hydrogen (secondary N) is 1. The van der Waals surface area contributed by atoms with Gasteiger partial charge in [-0.25, -0.2) is 4.39 Å². The van der Waals surface area contributed by atoms with Crippen LogP contribution in [0.3, 0.4) is 0 Å². The summed E-state index contributed by atoms with van der Waals surface area (Å²) in [6, 6.07) is 6.94. The van der Waals surface area contributed by atoms with Gasteiger partial charge in [0.05, 0.1) is 0 Å². The molecule has 2 unspecified atom stereocenters. The highest BCUT2D eigenvalue weighted by molar-refractivity contribution is 8.06. The van der Waals surface area contributed by atoms with Gasteiger partial charge in [0.25, 0.3) is 0 Å². The molecule has 17 heavy (non-hydrogen) atoms. The zero-order valence-corrected chi connectivity index (χ0v) is 11.2. The summed E-state index contributed by atoms with van der Waals surface area (Å²) in [7, 11) is 0. The molecule has 0 bridgehead atoms. The van der Waals surface area contributed by atoms with Gasteiger partial charge in [0.1, 0.15) is 5.82 Å². The maximum atomic E-state index is 12.8. The number of hydrogen-bond acceptors (Lipinski definition) is 4. The van der Waals surface area contributed by atoms with Crippen molar-refractivity contribution in [3.63, 3.8) is 0 Å². The van der Waals surface area contributed by atoms with Gasteiger partial charge < -0.3 is 0 Å². The van der Waals surface area contributed by atoms with Crippen molar-refractivity contribution in [1.29, 1.82) is 0 Å². The van der Waals surface area contributed by atoms with Crippen molar-refractivity contribution in [3.05, 3.63) is 35.6 Å². The molecule has 0 aromatic heterocycles. The molecule has 5 heteroatoms. The van der Waals surface area contributed by atoms with Crippen molar-refractivity contribution in [3.8, 4) is 0 Å². The van der Waals surface area contributed by atoms with E-state index in [1.165, 1.54) is 23.6 Å². The van der Waals surface area contributed by atoms with Crippen LogP contribution in [0.1, 0.15) is 5.56 Å². The average Bonchev–Trinajstić information content (AvgIpc) is 2.39. The van der Waals surface area contributed by atoms with Gasteiger partial charge in [-0.05, 0) is 24.1 Å². The van der Waals surface area contributed by atoms with Crippen molar-refractivity contribution < 1.29 is 4.39 Å². The van der Waals surface area contributed by atoms with E-state index in [0.29, 0.717) is 5.25 Å². The van der Waals surface area contributed by atoms with E-state index >= 15 is 0 Å². The molecule has 0 radical (unpaired) electrons. The SMILES string of the molecule is NNC(Cc1ccc(F)cc1)C1CSCCS1. The predicted molar refractivity (Wildman–Crippen MR) is 74.8 cm³/mol. The van der Waals surface area contributed by atoms with Gasteiger partial charge in [-0.2, -0.15) is 23.5 Å². The number of hydrazine groups is 1. The standard InChI is InChI=1S/C12H17FN2S2/c13-10-3-1-9(2-4-10)7-11(15-14)12-8-16-5-6-17-12/h1-4,11-12,15H,5-8,14H2. The number of rotatable bonds is 4. The predicted octanol–water partition coefficient (Wildman–Crippen LogP) is 2.05. The molecule has 1 aromatic rings. The fourth-order valence-electron chi connectivity index (χ4n) is 1.91. The van der Waals surface area contributed by atoms with Crippen LogP contribution >= 0.6 is 23.5 Å². The molecule has 1 aromatic carbocycles. The Balaban J connectivity index is 1.96. The Morgan fingerprint density at radius 2 is 2.12 bits per heavy atom. The minimum Gasteiger partial charge on any atom is -0.271 e. The lowest BCUT2D eigenvalue weighted by atomic mass is 10.0. The molecule has 2 nitrogen and oxygen atoms in total. The van der Waals surface area contributed by atoms with Gasteiger partial charge in [0.2, 0.25) is 0 Å². The van der Waals surface area contributed by atoms with Crippen molar-refractivity contribution in [1.82, 2.24) is 5.43 Å². The fraction of sp³-hybridized carbons (Fsp3) is 0.500. The molecule has 0 aliphatic carbocycles. The molecule has 2 rings (SSSR count). The number of nitrogens with two attached hydrogens (primary N) is 1. The summed E-state index contributed by atoms with van der Waals surface area (Å²) in [6.07, 6.45) is 0.856. The molecule has 0 saturated carbocycles. The summed E-state index contributed by atoms with van der Waals surface area (Å²) in [4.78, 5) is 0. The van der Waals surface area contributed by atoms with Gasteiger partial charge in [0.15, 0.2) is 0 Å². The highest BCUT2D eigenvalue weighted by atomic mass is 32.2. The molecule has 94 valence electrons. The Kier molecular flexibility index (Phi) is 5.16. The van der Waals surface area contributed by atoms with Crippen LogP contribution in [0.2, 0.25) is 0 Å². The minimum absolute atomic E-state index is 0.186. The van der Waals surface area contributed by atoms with E-state index < -0.39 is 0 Å². The molecule has 1 fully saturated rings. The molecular weight excluding hydrogens is 255 g/mol. The zero-order valence-electron chi connectivity index (χ0n) is 9.56. The lowest BCUT2D eigenvalue weighted by Crippen LogP contribution is -2.46. The van der Waals surface area contributed by atoms with Crippen LogP contribution in [0, 0.1) is 5.82 Å². The summed E-state index contributed by atoms with van der Waals surface area (Å²) in [6.45, 7) is 0. The third-order valence-corrected chi connectivity index (χ3v) is 5.79. The molecular formula is C12H17FN2S2. The van der Waals surface area contributed by atoms with E-state index in [1.54, 1.807) is 0 Å². The van der Waals surface area contributed by atoms with E-state index in [9.17, 15) is 4.39 Å². The van der Waals surface area contributed by atoms with Crippen LogP contribution in [0.25, 0.3) is 0 Å². The first-order valence-corrected chi connectivity index (χ1v) is 7.90. The summed E-state index contributed by atoms with van der Waals surface area (Å²) >= 11 is 3.96. The van der Waals surface area contributed by atoms with Crippen LogP contribution in [0.15, 0.2) is 24.3 Å². The van der Waals surface area contributed by atoms with Crippen molar-refractivity contribution >= 4 is 23.5 Å². The minimum atomic E-state index is -0.186. The Labute approximate surface area is 110 Å². The second-order valence-electron chi connectivity index (χ2n) is 4.09. The molecule has 1 saturated heterocycles. The van der Waals surface area contributed by atoms with E-state index in [-0.39, 0.29) is 11.9 Å². The highest BCUT2D eigenvalue weighted by Gasteiger charge is 2.23. The van der Waals surface area contributed by atoms with E-state index in [0.717, 1.165) is 17.7 Å². The molecule has 0 amide bonds. The van der Waals surface area contributed by atoms with E-state index in [1.807, 2.05) is 35.7 Å². The van der Waals surface area contributed by atoms with Crippen molar-refractivity contribution in [2.75, 3.05) is 17.3 Å². The monoisotopic (exact) mass is 272 g/mol. The first kappa shape index (κ1) is 13.2. The summed E-state index contributed by atoms with van der Waals surface area (Å²) in [5.74, 6) is 9.01. The lowest BCUT2D eigenvalue weighted by Gasteiger charge is -2.29. The summed E-state index contributed by atoms with van der Waals surface area (Å²) < 4.78 is 12.8. The van der Waals surface area contributed by atoms with Gasteiger partial charge in [-0.15, -0.1) is 0 Å². The Morgan fingerprint density at radius 3 is 2.71 bits per heavy atom. The van der Waals surface area contributed by atoms with Crippen molar-refractivity contribution in [2.45, 2.75) is 17.7 Å². The summed E-state index contributed by atoms with van der Waals surface area (Å²) in [5, 5.41) is 0.545. The topological polar surface area (TPSA) is 38.0 Å². The smallest absolute Gasteiger partial charge is 0.123 e. The Bertz CT molecular complexity index is 339. The van der Waals surface area contributed by atoms with Crippen LogP contribution in [0.5, 0.6) is 0 Å². The maximum absolute atomic E-state index is 12.8. The maximum Gasteiger partial charge on any atom is 0.123 e. The quantitative estimate of drug-likeness (QED) is 0.650. The van der Waals surface area contributed by atoms with Gasteiger partial charge in [-0.1, -0.05) is 12.1 Å². The molecule has 1 aliphatic heterocycles. The van der Waals surface area contributed by atoms with Gasteiger partial charge in [0, 0.05) is 28.6 Å². The summed E-state index contributed by atoms with van der Waals surface area (Å²) in [5.41, 5.74) is 4.04. The lowest BCUT2D eigenvalue weighted by molar-refractivity contribution is 0.523. The van der Waals surface area contributed by atoms with Crippen LogP contribution in [-0.2, 0) is 6.42 Å². The van der Waals surface area contributed by atoms with Gasteiger partial charge in [-0.3, -0.25) is 11.3 Å². The van der Waals surface area contributed by atoms with Crippen molar-refractivity contribution in [2.24, 2.45) is 5.84 Å². The highest BCUT2D eigenvalue weighted by Crippen LogP contribution is 2.27. The second kappa shape index (κ2) is 6.64. The molecule has 3 N–H and O–H groups in total. The number of halogens is 1. The molecule has 1 aliphatic rings. The largest absolute Gasteiger partial charge is 0.271 e. The third kappa shape index (κ3) is 3.88. The van der Waals surface area contributed by atoms with E-state index in [4.69, 9.17) is 5.84 Å². The molecule has 1 heterocycles. The Morgan fingerprint density at radius 1 is 1.35 bits per heavy atom. The third-order valence-electron chi connectivity index (χ3n) is 2.87. The molecule has 0 spiro atoms. The number of hydrogen-bond donors (Lipinski definition) is 2. The number of thioether (sulfide) groups is 2. The van der Waals surface area contributed by atoms with E-state index in [2.05, 4.69) is 5.43 Å². The van der Waals surface area contributed by atoms with Gasteiger partial charge >= 0.3 is 0 Å². The number of benzene rings is 1. The van der Waals surface area contributed by atoms with Crippen LogP contribution < -0.4 is 11.3 Å². The first-order chi connectivity index (χ1) is 8.29. The zero-order chi connectivity index (χ0) is 12.1.